The first-order chi connectivity index (χ1) is 4.11. The van der Waals surface area contributed by atoms with Crippen molar-refractivity contribution in [3.8, 4) is 0 Å². The molecule has 0 heterocycles. The molecule has 3 radical (unpaired) electrons. The summed E-state index contributed by atoms with van der Waals surface area (Å²) in [6, 6.07) is 0. The summed E-state index contributed by atoms with van der Waals surface area (Å²) in [5, 5.41) is 1.68. The van der Waals surface area contributed by atoms with E-state index in [4.69, 9.17) is 0 Å². The quantitative estimate of drug-likeness (QED) is 0.629. The first-order valence-electron chi connectivity index (χ1n) is 3.47. The second-order valence-corrected chi connectivity index (χ2v) is 8.72. The molecule has 0 bridgehead atoms. The van der Waals surface area contributed by atoms with Gasteiger partial charge in [0.1, 0.15) is 0 Å². The van der Waals surface area contributed by atoms with Crippen molar-refractivity contribution in [3.63, 3.8) is 0 Å². The molecule has 0 aliphatic heterocycles. The molecule has 0 N–H and O–H groups in total. The van der Waals surface area contributed by atoms with Gasteiger partial charge in [0.2, 0.25) is 0 Å². The van der Waals surface area contributed by atoms with E-state index in [-0.39, 0.29) is 25.8 Å². The molecular formula is C8H14InSi. The van der Waals surface area contributed by atoms with Gasteiger partial charge in [-0.1, -0.05) is 43.1 Å². The summed E-state index contributed by atoms with van der Waals surface area (Å²) < 4.78 is 0. The molecular weight excluding hydrogens is 239 g/mol. The van der Waals surface area contributed by atoms with Gasteiger partial charge in [0.15, 0.2) is 0 Å². The third-order valence-electron chi connectivity index (χ3n) is 1.73. The van der Waals surface area contributed by atoms with Crippen LogP contribution in [-0.2, 0) is 0 Å². The second-order valence-electron chi connectivity index (χ2n) is 3.57. The fourth-order valence-corrected chi connectivity index (χ4v) is 2.33. The maximum Gasteiger partial charge on any atom is 0.0728 e. The maximum absolute atomic E-state index is 2.39. The minimum Gasteiger partial charge on any atom is -0.0809 e. The first-order valence-corrected chi connectivity index (χ1v) is 6.97. The van der Waals surface area contributed by atoms with E-state index >= 15 is 0 Å². The SMILES string of the molecule is C[Si](C)(C)C1=CC=CC1.[In]. The number of hydrogen-bond acceptors (Lipinski definition) is 0. The molecule has 0 saturated carbocycles. The minimum absolute atomic E-state index is 0. The van der Waals surface area contributed by atoms with Gasteiger partial charge in [-0.15, -0.1) is 0 Å². The van der Waals surface area contributed by atoms with Crippen LogP contribution in [-0.4, -0.2) is 33.9 Å². The van der Waals surface area contributed by atoms with Crippen LogP contribution in [0.1, 0.15) is 6.42 Å². The Morgan fingerprint density at radius 2 is 1.90 bits per heavy atom. The van der Waals surface area contributed by atoms with Crippen LogP contribution < -0.4 is 0 Å². The van der Waals surface area contributed by atoms with E-state index in [0.717, 1.165) is 0 Å². The Kier molecular flexibility index (Phi) is 4.03. The van der Waals surface area contributed by atoms with E-state index in [9.17, 15) is 0 Å². The Labute approximate surface area is 83.2 Å². The number of rotatable bonds is 1. The van der Waals surface area contributed by atoms with Crippen molar-refractivity contribution >= 4 is 33.9 Å². The van der Waals surface area contributed by atoms with Crippen molar-refractivity contribution in [2.75, 3.05) is 0 Å². The third kappa shape index (κ3) is 2.67. The fourth-order valence-electron chi connectivity index (χ4n) is 1.00. The second kappa shape index (κ2) is 3.81. The van der Waals surface area contributed by atoms with Crippen LogP contribution in [0.2, 0.25) is 19.6 Å². The smallest absolute Gasteiger partial charge is 0.0728 e. The van der Waals surface area contributed by atoms with Gasteiger partial charge in [-0.2, -0.15) is 0 Å². The Morgan fingerprint density at radius 3 is 2.10 bits per heavy atom. The number of allylic oxidation sites excluding steroid dienone is 4. The van der Waals surface area contributed by atoms with Crippen molar-refractivity contribution in [1.29, 1.82) is 0 Å². The van der Waals surface area contributed by atoms with Crippen LogP contribution in [0.5, 0.6) is 0 Å². The van der Waals surface area contributed by atoms with Crippen LogP contribution in [0, 0.1) is 0 Å². The minimum atomic E-state index is -0.926. The molecule has 0 aromatic rings. The summed E-state index contributed by atoms with van der Waals surface area (Å²) in [4.78, 5) is 0. The monoisotopic (exact) mass is 253 g/mol. The zero-order valence-corrected chi connectivity index (χ0v) is 11.3. The van der Waals surface area contributed by atoms with E-state index in [1.165, 1.54) is 6.42 Å². The molecule has 0 aromatic heterocycles. The molecule has 0 saturated heterocycles. The summed E-state index contributed by atoms with van der Waals surface area (Å²) in [5.74, 6) is 0. The fraction of sp³-hybridized carbons (Fsp3) is 0.500. The van der Waals surface area contributed by atoms with E-state index in [1.54, 1.807) is 5.20 Å². The van der Waals surface area contributed by atoms with Gasteiger partial charge in [-0.3, -0.25) is 0 Å². The van der Waals surface area contributed by atoms with Gasteiger partial charge in [0, 0.05) is 25.8 Å². The predicted octanol–water partition coefficient (Wildman–Crippen LogP) is 2.37. The molecule has 0 amide bonds. The molecule has 0 aromatic carbocycles. The summed E-state index contributed by atoms with van der Waals surface area (Å²) in [5.41, 5.74) is 0. The largest absolute Gasteiger partial charge is 0.0809 e. The molecule has 1 aliphatic carbocycles. The van der Waals surface area contributed by atoms with Gasteiger partial charge in [0.05, 0.1) is 8.07 Å². The van der Waals surface area contributed by atoms with E-state index < -0.39 is 8.07 Å². The van der Waals surface area contributed by atoms with Crippen molar-refractivity contribution in [3.05, 3.63) is 23.4 Å². The maximum atomic E-state index is 2.39. The molecule has 0 unspecified atom stereocenters. The summed E-state index contributed by atoms with van der Waals surface area (Å²) >= 11 is 0. The van der Waals surface area contributed by atoms with Gasteiger partial charge in [-0.25, -0.2) is 0 Å². The third-order valence-corrected chi connectivity index (χ3v) is 4.03. The Hall–Kier alpha value is 0.567. The van der Waals surface area contributed by atoms with E-state index in [2.05, 4.69) is 37.9 Å². The van der Waals surface area contributed by atoms with Crippen LogP contribution in [0.25, 0.3) is 0 Å². The average Bonchev–Trinajstić information content (AvgIpc) is 2.08. The number of hydrogen-bond donors (Lipinski definition) is 0. The Bertz CT molecular complexity index is 163. The van der Waals surface area contributed by atoms with E-state index in [1.807, 2.05) is 0 Å². The van der Waals surface area contributed by atoms with Crippen LogP contribution in [0.15, 0.2) is 23.4 Å². The van der Waals surface area contributed by atoms with Crippen molar-refractivity contribution < 1.29 is 0 Å². The molecule has 53 valence electrons. The molecule has 1 aliphatic rings. The van der Waals surface area contributed by atoms with E-state index in [0.29, 0.717) is 0 Å². The Morgan fingerprint density at radius 1 is 1.30 bits per heavy atom. The van der Waals surface area contributed by atoms with Crippen LogP contribution in [0.3, 0.4) is 0 Å². The molecule has 0 fully saturated rings. The Balaban J connectivity index is 0.000000810. The molecule has 0 spiro atoms. The van der Waals surface area contributed by atoms with Crippen molar-refractivity contribution in [2.24, 2.45) is 0 Å². The predicted molar refractivity (Wildman–Crippen MR) is 50.9 cm³/mol. The van der Waals surface area contributed by atoms with Crippen LogP contribution in [0.4, 0.5) is 0 Å². The van der Waals surface area contributed by atoms with Crippen molar-refractivity contribution in [1.82, 2.24) is 0 Å². The zero-order valence-electron chi connectivity index (χ0n) is 7.02. The molecule has 1 rings (SSSR count). The van der Waals surface area contributed by atoms with Gasteiger partial charge < -0.3 is 0 Å². The van der Waals surface area contributed by atoms with Gasteiger partial charge in [0.25, 0.3) is 0 Å². The summed E-state index contributed by atoms with van der Waals surface area (Å²) in [6.07, 6.45) is 7.92. The van der Waals surface area contributed by atoms with Gasteiger partial charge in [-0.05, 0) is 6.42 Å². The molecule has 0 nitrogen and oxygen atoms in total. The molecule has 10 heavy (non-hydrogen) atoms. The zero-order chi connectivity index (χ0) is 6.91. The normalized spacial score (nSPS) is 16.5. The summed E-state index contributed by atoms with van der Waals surface area (Å²) in [7, 11) is -0.926. The van der Waals surface area contributed by atoms with Gasteiger partial charge >= 0.3 is 0 Å². The average molecular weight is 253 g/mol. The topological polar surface area (TPSA) is 0 Å². The molecule has 2 heteroatoms. The van der Waals surface area contributed by atoms with Crippen molar-refractivity contribution in [2.45, 2.75) is 26.1 Å². The first kappa shape index (κ1) is 10.6. The van der Waals surface area contributed by atoms with Crippen LogP contribution >= 0.6 is 0 Å². The summed E-state index contributed by atoms with van der Waals surface area (Å²) in [6.45, 7) is 7.18. The standard InChI is InChI=1S/C8H14Si.In/c1-9(2,3)8-6-4-5-7-8;/h4-6H,7H2,1-3H3;. The molecule has 0 atom stereocenters.